The number of aromatic nitrogens is 1. The Hall–Kier alpha value is -4.40. The molecule has 0 radical (unpaired) electrons. The number of furan rings is 1. The van der Waals surface area contributed by atoms with Crippen molar-refractivity contribution in [2.45, 2.75) is 13.1 Å². The van der Waals surface area contributed by atoms with E-state index >= 15 is 0 Å². The van der Waals surface area contributed by atoms with E-state index in [9.17, 15) is 4.79 Å². The Bertz CT molecular complexity index is 1300. The lowest BCUT2D eigenvalue weighted by molar-refractivity contribution is 0.0693. The van der Waals surface area contributed by atoms with Crippen molar-refractivity contribution < 1.29 is 32.7 Å². The average Bonchev–Trinajstić information content (AvgIpc) is 3.64. The number of carbonyl (C=O) groups excluding carboxylic acids is 1. The van der Waals surface area contributed by atoms with Gasteiger partial charge in [0.15, 0.2) is 34.5 Å². The number of nitrogens with zero attached hydrogens (tertiary/aromatic N) is 2. The smallest absolute Gasteiger partial charge is 0.290 e. The summed E-state index contributed by atoms with van der Waals surface area (Å²) >= 11 is 0. The van der Waals surface area contributed by atoms with E-state index in [2.05, 4.69) is 5.16 Å². The summed E-state index contributed by atoms with van der Waals surface area (Å²) in [4.78, 5) is 14.8. The Balaban J connectivity index is 1.39. The monoisotopic (exact) mass is 462 g/mol. The number of carbonyl (C=O) groups is 1. The fraction of sp³-hybridized carbons (Fsp3) is 0.200. The molecule has 0 N–H and O–H groups in total. The van der Waals surface area contributed by atoms with Crippen molar-refractivity contribution in [2.24, 2.45) is 0 Å². The van der Waals surface area contributed by atoms with Crippen LogP contribution in [0.25, 0.3) is 11.3 Å². The molecule has 1 amide bonds. The number of rotatable bonds is 8. The molecule has 34 heavy (non-hydrogen) atoms. The highest BCUT2D eigenvalue weighted by Gasteiger charge is 2.22. The molecule has 0 spiro atoms. The quantitative estimate of drug-likeness (QED) is 0.377. The molecule has 0 saturated heterocycles. The summed E-state index contributed by atoms with van der Waals surface area (Å²) in [6.45, 7) is 0.713. The second kappa shape index (κ2) is 9.22. The Morgan fingerprint density at radius 1 is 0.971 bits per heavy atom. The van der Waals surface area contributed by atoms with E-state index in [1.807, 2.05) is 30.3 Å². The van der Waals surface area contributed by atoms with Crippen LogP contribution in [0.2, 0.25) is 0 Å². The lowest BCUT2D eigenvalue weighted by Gasteiger charge is -2.20. The Labute approximate surface area is 195 Å². The highest BCUT2D eigenvalue weighted by Crippen LogP contribution is 2.34. The van der Waals surface area contributed by atoms with Crippen molar-refractivity contribution in [3.8, 4) is 34.3 Å². The van der Waals surface area contributed by atoms with Crippen LogP contribution >= 0.6 is 0 Å². The molecule has 0 atom stereocenters. The third-order valence-corrected chi connectivity index (χ3v) is 5.41. The molecule has 0 bridgehead atoms. The molecule has 2 aromatic carbocycles. The highest BCUT2D eigenvalue weighted by molar-refractivity contribution is 5.91. The van der Waals surface area contributed by atoms with Gasteiger partial charge in [0.1, 0.15) is 5.69 Å². The van der Waals surface area contributed by atoms with Gasteiger partial charge in [-0.15, -0.1) is 0 Å². The van der Waals surface area contributed by atoms with Crippen molar-refractivity contribution in [1.82, 2.24) is 10.1 Å². The van der Waals surface area contributed by atoms with E-state index in [4.69, 9.17) is 27.9 Å². The summed E-state index contributed by atoms with van der Waals surface area (Å²) in [6, 6.07) is 16.1. The van der Waals surface area contributed by atoms with Gasteiger partial charge >= 0.3 is 0 Å². The SMILES string of the molecule is COc1ccc(-c2cc(CN(Cc3ccc4c(c3)OCO4)C(=O)c3ccco3)no2)cc1OC. The summed E-state index contributed by atoms with van der Waals surface area (Å²) in [5, 5.41) is 4.18. The number of fused-ring (bicyclic) bond motifs is 1. The number of hydrogen-bond acceptors (Lipinski definition) is 8. The van der Waals surface area contributed by atoms with Crippen molar-refractivity contribution in [3.05, 3.63) is 77.9 Å². The molecule has 174 valence electrons. The average molecular weight is 462 g/mol. The van der Waals surface area contributed by atoms with Gasteiger partial charge in [-0.05, 0) is 48.0 Å². The lowest BCUT2D eigenvalue weighted by Crippen LogP contribution is -2.30. The van der Waals surface area contributed by atoms with Crippen LogP contribution < -0.4 is 18.9 Å². The Morgan fingerprint density at radius 2 is 1.82 bits per heavy atom. The van der Waals surface area contributed by atoms with Crippen LogP contribution in [0.5, 0.6) is 23.0 Å². The van der Waals surface area contributed by atoms with Crippen LogP contribution in [-0.2, 0) is 13.1 Å². The van der Waals surface area contributed by atoms with Gasteiger partial charge < -0.3 is 32.8 Å². The first kappa shape index (κ1) is 21.4. The number of benzene rings is 2. The molecule has 5 rings (SSSR count). The lowest BCUT2D eigenvalue weighted by atomic mass is 10.1. The maximum absolute atomic E-state index is 13.2. The largest absolute Gasteiger partial charge is 0.493 e. The zero-order chi connectivity index (χ0) is 23.5. The molecule has 0 aliphatic carbocycles. The fourth-order valence-corrected chi connectivity index (χ4v) is 3.72. The summed E-state index contributed by atoms with van der Waals surface area (Å²) in [5.74, 6) is 3.05. The molecule has 3 heterocycles. The number of ether oxygens (including phenoxy) is 4. The third-order valence-electron chi connectivity index (χ3n) is 5.41. The van der Waals surface area contributed by atoms with Crippen molar-refractivity contribution in [1.29, 1.82) is 0 Å². The number of methoxy groups -OCH3 is 2. The zero-order valence-electron chi connectivity index (χ0n) is 18.6. The molecule has 0 saturated carbocycles. The van der Waals surface area contributed by atoms with E-state index in [-0.39, 0.29) is 25.0 Å². The van der Waals surface area contributed by atoms with Gasteiger partial charge in [-0.25, -0.2) is 0 Å². The van der Waals surface area contributed by atoms with Crippen LogP contribution in [0.4, 0.5) is 0 Å². The maximum Gasteiger partial charge on any atom is 0.290 e. The van der Waals surface area contributed by atoms with Gasteiger partial charge in [-0.1, -0.05) is 11.2 Å². The normalized spacial score (nSPS) is 11.9. The molecule has 9 heteroatoms. The minimum atomic E-state index is -0.265. The van der Waals surface area contributed by atoms with Crippen LogP contribution in [0.15, 0.2) is 69.8 Å². The Kier molecular flexibility index (Phi) is 5.82. The first-order valence-electron chi connectivity index (χ1n) is 10.5. The Morgan fingerprint density at radius 3 is 2.62 bits per heavy atom. The minimum absolute atomic E-state index is 0.186. The first-order chi connectivity index (χ1) is 16.6. The van der Waals surface area contributed by atoms with Crippen LogP contribution in [0.3, 0.4) is 0 Å². The van der Waals surface area contributed by atoms with Gasteiger partial charge in [0.25, 0.3) is 5.91 Å². The van der Waals surface area contributed by atoms with E-state index in [0.717, 1.165) is 11.1 Å². The van der Waals surface area contributed by atoms with Gasteiger partial charge in [0.05, 0.1) is 27.0 Å². The standard InChI is InChI=1S/C25H22N2O7/c1-29-19-8-6-17(11-23(19)30-2)22-12-18(26-34-22)14-27(25(28)21-4-3-9-31-21)13-16-5-7-20-24(10-16)33-15-32-20/h3-12H,13-15H2,1-2H3. The molecule has 2 aromatic heterocycles. The third kappa shape index (κ3) is 4.27. The predicted octanol–water partition coefficient (Wildman–Crippen LogP) is 4.52. The molecule has 4 aromatic rings. The topological polar surface area (TPSA) is 96.4 Å². The number of amides is 1. The van der Waals surface area contributed by atoms with Crippen molar-refractivity contribution in [2.75, 3.05) is 21.0 Å². The summed E-state index contributed by atoms with van der Waals surface area (Å²) in [7, 11) is 3.15. The van der Waals surface area contributed by atoms with E-state index < -0.39 is 0 Å². The van der Waals surface area contributed by atoms with E-state index in [0.29, 0.717) is 41.0 Å². The first-order valence-corrected chi connectivity index (χ1v) is 10.5. The molecule has 1 aliphatic heterocycles. The predicted molar refractivity (Wildman–Crippen MR) is 120 cm³/mol. The molecule has 0 unspecified atom stereocenters. The van der Waals surface area contributed by atoms with Crippen LogP contribution in [0.1, 0.15) is 21.8 Å². The van der Waals surface area contributed by atoms with Crippen molar-refractivity contribution >= 4 is 5.91 Å². The number of hydrogen-bond donors (Lipinski definition) is 0. The second-order valence-electron chi connectivity index (χ2n) is 7.58. The van der Waals surface area contributed by atoms with Crippen LogP contribution in [0, 0.1) is 0 Å². The molecule has 1 aliphatic rings. The highest BCUT2D eigenvalue weighted by atomic mass is 16.7. The summed E-state index contributed by atoms with van der Waals surface area (Å²) in [6.07, 6.45) is 1.47. The molecular weight excluding hydrogens is 440 g/mol. The van der Waals surface area contributed by atoms with Gasteiger partial charge in [-0.3, -0.25) is 4.79 Å². The summed E-state index contributed by atoms with van der Waals surface area (Å²) in [5.41, 5.74) is 2.24. The molecule has 9 nitrogen and oxygen atoms in total. The second-order valence-corrected chi connectivity index (χ2v) is 7.58. The van der Waals surface area contributed by atoms with E-state index in [1.165, 1.54) is 6.26 Å². The summed E-state index contributed by atoms with van der Waals surface area (Å²) < 4.78 is 32.4. The maximum atomic E-state index is 13.2. The zero-order valence-corrected chi connectivity index (χ0v) is 18.6. The van der Waals surface area contributed by atoms with Gasteiger partial charge in [0.2, 0.25) is 6.79 Å². The van der Waals surface area contributed by atoms with Gasteiger partial charge in [-0.2, -0.15) is 0 Å². The molecular formula is C25H22N2O7. The van der Waals surface area contributed by atoms with Crippen molar-refractivity contribution in [3.63, 3.8) is 0 Å². The van der Waals surface area contributed by atoms with Crippen LogP contribution in [-0.4, -0.2) is 37.0 Å². The van der Waals surface area contributed by atoms with E-state index in [1.54, 1.807) is 43.4 Å². The fourth-order valence-electron chi connectivity index (χ4n) is 3.72. The minimum Gasteiger partial charge on any atom is -0.493 e. The van der Waals surface area contributed by atoms with Gasteiger partial charge in [0, 0.05) is 18.2 Å². The molecule has 0 fully saturated rings.